The van der Waals surface area contributed by atoms with Crippen LogP contribution in [0.3, 0.4) is 0 Å². The highest BCUT2D eigenvalue weighted by atomic mass is 16.5. The summed E-state index contributed by atoms with van der Waals surface area (Å²) in [6, 6.07) is 9.53. The van der Waals surface area contributed by atoms with Crippen molar-refractivity contribution in [2.24, 2.45) is 0 Å². The van der Waals surface area contributed by atoms with Gasteiger partial charge in [-0.1, -0.05) is 30.3 Å². The van der Waals surface area contributed by atoms with E-state index in [-0.39, 0.29) is 11.8 Å². The molecule has 0 aliphatic heterocycles. The Hall–Kier alpha value is -2.10. The minimum atomic E-state index is 0.0151. The fourth-order valence-corrected chi connectivity index (χ4v) is 2.90. The number of carbonyl (C=O) groups excluding carboxylic acids is 1. The molecule has 110 valence electrons. The number of hydrogen-bond donors (Lipinski definition) is 1. The van der Waals surface area contributed by atoms with E-state index in [4.69, 9.17) is 4.52 Å². The largest absolute Gasteiger partial charge is 0.361 e. The number of rotatable bonds is 4. The van der Waals surface area contributed by atoms with Crippen LogP contribution in [0.15, 0.2) is 34.9 Å². The van der Waals surface area contributed by atoms with Crippen LogP contribution in [0, 0.1) is 0 Å². The molecule has 1 aromatic carbocycles. The molecular formula is C17H20N2O2. The van der Waals surface area contributed by atoms with Crippen LogP contribution in [0.2, 0.25) is 0 Å². The summed E-state index contributed by atoms with van der Waals surface area (Å²) >= 11 is 0. The molecule has 0 saturated carbocycles. The second-order valence-electron chi connectivity index (χ2n) is 5.70. The van der Waals surface area contributed by atoms with Crippen molar-refractivity contribution in [2.45, 2.75) is 44.9 Å². The molecule has 1 aromatic heterocycles. The predicted octanol–water partition coefficient (Wildman–Crippen LogP) is 3.69. The zero-order valence-electron chi connectivity index (χ0n) is 12.3. The second-order valence-corrected chi connectivity index (χ2v) is 5.70. The maximum absolute atomic E-state index is 12.1. The lowest BCUT2D eigenvalue weighted by molar-refractivity contribution is -0.116. The average molecular weight is 284 g/mol. The van der Waals surface area contributed by atoms with Gasteiger partial charge in [0.1, 0.15) is 5.76 Å². The molecule has 3 rings (SSSR count). The molecule has 0 bridgehead atoms. The third-order valence-corrected chi connectivity index (χ3v) is 4.00. The number of fused-ring (bicyclic) bond motifs is 1. The first kappa shape index (κ1) is 13.9. The first-order chi connectivity index (χ1) is 10.2. The highest BCUT2D eigenvalue weighted by Gasteiger charge is 2.24. The van der Waals surface area contributed by atoms with Crippen molar-refractivity contribution in [3.05, 3.63) is 47.3 Å². The molecule has 4 heteroatoms. The van der Waals surface area contributed by atoms with E-state index in [0.29, 0.717) is 6.42 Å². The molecule has 1 N–H and O–H groups in total. The Morgan fingerprint density at radius 3 is 2.86 bits per heavy atom. The fraction of sp³-hybridized carbons (Fsp3) is 0.412. The van der Waals surface area contributed by atoms with E-state index in [1.807, 2.05) is 37.3 Å². The van der Waals surface area contributed by atoms with Gasteiger partial charge in [0.15, 0.2) is 0 Å². The van der Waals surface area contributed by atoms with Gasteiger partial charge in [0.2, 0.25) is 5.91 Å². The van der Waals surface area contributed by atoms with E-state index in [1.54, 1.807) is 0 Å². The summed E-state index contributed by atoms with van der Waals surface area (Å²) in [5, 5.41) is 7.12. The molecule has 0 spiro atoms. The molecule has 0 saturated heterocycles. The summed E-state index contributed by atoms with van der Waals surface area (Å²) in [5.41, 5.74) is 3.03. The predicted molar refractivity (Wildman–Crippen MR) is 81.2 cm³/mol. The van der Waals surface area contributed by atoms with E-state index in [1.165, 1.54) is 18.4 Å². The molecular weight excluding hydrogens is 264 g/mol. The molecule has 1 aliphatic rings. The van der Waals surface area contributed by atoms with Crippen molar-refractivity contribution >= 4 is 11.6 Å². The van der Waals surface area contributed by atoms with E-state index < -0.39 is 0 Å². The highest BCUT2D eigenvalue weighted by molar-refractivity contribution is 5.91. The number of amides is 1. The van der Waals surface area contributed by atoms with Crippen LogP contribution in [0.25, 0.3) is 0 Å². The molecule has 0 fully saturated rings. The van der Waals surface area contributed by atoms with Crippen molar-refractivity contribution in [3.8, 4) is 0 Å². The van der Waals surface area contributed by atoms with E-state index in [0.717, 1.165) is 30.0 Å². The lowest BCUT2D eigenvalue weighted by atomic mass is 9.91. The minimum absolute atomic E-state index is 0.0151. The summed E-state index contributed by atoms with van der Waals surface area (Å²) in [7, 11) is 0. The quantitative estimate of drug-likeness (QED) is 0.931. The maximum atomic E-state index is 12.1. The number of aromatic nitrogens is 1. The first-order valence-electron chi connectivity index (χ1n) is 7.56. The number of hydrogen-bond acceptors (Lipinski definition) is 3. The SMILES string of the molecule is C[C@H](CC(=O)Nc1ccccc1)c1noc2c1CCCC2. The lowest BCUT2D eigenvalue weighted by Gasteiger charge is -2.13. The Kier molecular flexibility index (Phi) is 4.04. The zero-order valence-corrected chi connectivity index (χ0v) is 12.3. The van der Waals surface area contributed by atoms with Gasteiger partial charge in [-0.05, 0) is 31.4 Å². The summed E-state index contributed by atoms with van der Waals surface area (Å²) in [4.78, 5) is 12.1. The Morgan fingerprint density at radius 1 is 1.29 bits per heavy atom. The lowest BCUT2D eigenvalue weighted by Crippen LogP contribution is -2.15. The smallest absolute Gasteiger partial charge is 0.225 e. The molecule has 21 heavy (non-hydrogen) atoms. The van der Waals surface area contributed by atoms with Gasteiger partial charge < -0.3 is 9.84 Å². The number of para-hydroxylation sites is 1. The van der Waals surface area contributed by atoms with Crippen molar-refractivity contribution < 1.29 is 9.32 Å². The molecule has 4 nitrogen and oxygen atoms in total. The Bertz CT molecular complexity index is 619. The fourth-order valence-electron chi connectivity index (χ4n) is 2.90. The third kappa shape index (κ3) is 3.15. The number of aryl methyl sites for hydroxylation is 1. The number of nitrogens with zero attached hydrogens (tertiary/aromatic N) is 1. The summed E-state index contributed by atoms with van der Waals surface area (Å²) < 4.78 is 5.43. The van der Waals surface area contributed by atoms with Crippen LogP contribution in [0.1, 0.15) is 49.1 Å². The molecule has 1 amide bonds. The molecule has 0 radical (unpaired) electrons. The van der Waals surface area contributed by atoms with Crippen molar-refractivity contribution in [3.63, 3.8) is 0 Å². The molecule has 1 heterocycles. The van der Waals surface area contributed by atoms with Crippen LogP contribution >= 0.6 is 0 Å². The minimum Gasteiger partial charge on any atom is -0.361 e. The average Bonchev–Trinajstić information content (AvgIpc) is 2.92. The topological polar surface area (TPSA) is 55.1 Å². The second kappa shape index (κ2) is 6.12. The summed E-state index contributed by atoms with van der Waals surface area (Å²) in [6.45, 7) is 2.04. The summed E-state index contributed by atoms with van der Waals surface area (Å²) in [6.07, 6.45) is 4.78. The van der Waals surface area contributed by atoms with Gasteiger partial charge in [-0.3, -0.25) is 4.79 Å². The van der Waals surface area contributed by atoms with Crippen LogP contribution in [0.5, 0.6) is 0 Å². The van der Waals surface area contributed by atoms with Gasteiger partial charge in [0.25, 0.3) is 0 Å². The Morgan fingerprint density at radius 2 is 2.05 bits per heavy atom. The monoisotopic (exact) mass is 284 g/mol. The molecule has 0 unspecified atom stereocenters. The highest BCUT2D eigenvalue weighted by Crippen LogP contribution is 2.30. The normalized spacial score (nSPS) is 15.3. The molecule has 1 aliphatic carbocycles. The molecule has 1 atom stereocenters. The molecule has 2 aromatic rings. The first-order valence-corrected chi connectivity index (χ1v) is 7.56. The number of nitrogens with one attached hydrogen (secondary N) is 1. The number of benzene rings is 1. The van der Waals surface area contributed by atoms with Crippen LogP contribution in [0.4, 0.5) is 5.69 Å². The zero-order chi connectivity index (χ0) is 14.7. The van der Waals surface area contributed by atoms with Gasteiger partial charge in [0, 0.05) is 30.0 Å². The van der Waals surface area contributed by atoms with E-state index in [9.17, 15) is 4.79 Å². The van der Waals surface area contributed by atoms with Crippen molar-refractivity contribution in [1.29, 1.82) is 0 Å². The van der Waals surface area contributed by atoms with Gasteiger partial charge in [-0.15, -0.1) is 0 Å². The van der Waals surface area contributed by atoms with Gasteiger partial charge in [-0.25, -0.2) is 0 Å². The van der Waals surface area contributed by atoms with Crippen LogP contribution < -0.4 is 5.32 Å². The Labute approximate surface area is 124 Å². The van der Waals surface area contributed by atoms with Gasteiger partial charge >= 0.3 is 0 Å². The maximum Gasteiger partial charge on any atom is 0.225 e. The Balaban J connectivity index is 1.65. The van der Waals surface area contributed by atoms with Crippen LogP contribution in [-0.4, -0.2) is 11.1 Å². The van der Waals surface area contributed by atoms with Crippen LogP contribution in [-0.2, 0) is 17.6 Å². The summed E-state index contributed by atoms with van der Waals surface area (Å²) in [5.74, 6) is 1.12. The third-order valence-electron chi connectivity index (χ3n) is 4.00. The van der Waals surface area contributed by atoms with E-state index >= 15 is 0 Å². The van der Waals surface area contributed by atoms with Gasteiger partial charge in [-0.2, -0.15) is 0 Å². The number of anilines is 1. The standard InChI is InChI=1S/C17H20N2O2/c1-12(11-16(20)18-13-7-3-2-4-8-13)17-14-9-5-6-10-15(14)21-19-17/h2-4,7-8,12H,5-6,9-11H2,1H3,(H,18,20)/t12-/m1/s1. The number of carbonyl (C=O) groups is 1. The van der Waals surface area contributed by atoms with Crippen molar-refractivity contribution in [2.75, 3.05) is 5.32 Å². The van der Waals surface area contributed by atoms with Gasteiger partial charge in [0.05, 0.1) is 5.69 Å². The van der Waals surface area contributed by atoms with E-state index in [2.05, 4.69) is 10.5 Å². The van der Waals surface area contributed by atoms with Crippen molar-refractivity contribution in [1.82, 2.24) is 5.16 Å².